The molecule has 2 heterocycles. The van der Waals surface area contributed by atoms with Gasteiger partial charge in [0.15, 0.2) is 6.23 Å². The van der Waals surface area contributed by atoms with Crippen LogP contribution >= 0.6 is 0 Å². The summed E-state index contributed by atoms with van der Waals surface area (Å²) < 4.78 is 6.96. The van der Waals surface area contributed by atoms with Crippen LogP contribution in [-0.4, -0.2) is 49.5 Å². The van der Waals surface area contributed by atoms with E-state index in [0.29, 0.717) is 0 Å². The fraction of sp³-hybridized carbons (Fsp3) is 0.500. The number of rotatable bonds is 4. The Hall–Kier alpha value is -1.94. The lowest BCUT2D eigenvalue weighted by molar-refractivity contribution is -0.0554. The van der Waals surface area contributed by atoms with Crippen molar-refractivity contribution in [3.63, 3.8) is 0 Å². The predicted molar refractivity (Wildman–Crippen MR) is 72.1 cm³/mol. The van der Waals surface area contributed by atoms with Crippen LogP contribution in [0.2, 0.25) is 0 Å². The lowest BCUT2D eigenvalue weighted by atomic mass is 10.1. The second-order valence-corrected chi connectivity index (χ2v) is 4.54. The summed E-state index contributed by atoms with van der Waals surface area (Å²) in [6, 6.07) is 1.12. The molecule has 21 heavy (non-hydrogen) atoms. The van der Waals surface area contributed by atoms with E-state index in [1.807, 2.05) is 0 Å². The minimum atomic E-state index is -1.40. The Bertz CT molecular complexity index is 637. The quantitative estimate of drug-likeness (QED) is 0.492. The fourth-order valence-electron chi connectivity index (χ4n) is 2.06. The minimum absolute atomic E-state index is 0.500. The van der Waals surface area contributed by atoms with Gasteiger partial charge in [0, 0.05) is 18.5 Å². The summed E-state index contributed by atoms with van der Waals surface area (Å²) in [7, 11) is 0. The zero-order chi connectivity index (χ0) is 15.6. The van der Waals surface area contributed by atoms with Crippen LogP contribution in [0.1, 0.15) is 13.2 Å². The Morgan fingerprint density at radius 2 is 2.10 bits per heavy atom. The molecule has 0 unspecified atom stereocenters. The molecule has 4 N–H and O–H groups in total. The van der Waals surface area contributed by atoms with E-state index in [-0.39, 0.29) is 0 Å². The number of nitrogens with zero attached hydrogens (tertiary/aromatic N) is 2. The van der Waals surface area contributed by atoms with Crippen LogP contribution < -0.4 is 16.7 Å². The Morgan fingerprint density at radius 1 is 1.38 bits per heavy atom. The van der Waals surface area contributed by atoms with E-state index in [1.165, 1.54) is 12.4 Å². The molecular weight excluding hydrogens is 282 g/mol. The topological polar surface area (TPSA) is 126 Å². The molecule has 1 aliphatic rings. The number of hydrogen-bond donors (Lipinski definition) is 4. The first-order chi connectivity index (χ1) is 10.0. The molecule has 1 aromatic rings. The monoisotopic (exact) mass is 299 g/mol. The van der Waals surface area contributed by atoms with Crippen LogP contribution in [0, 0.1) is 0 Å². The van der Waals surface area contributed by atoms with E-state index >= 15 is 0 Å². The molecule has 1 aliphatic heterocycles. The average Bonchev–Trinajstić information content (AvgIpc) is 2.75. The number of aliphatic hydroxyl groups is 3. The van der Waals surface area contributed by atoms with Crippen molar-refractivity contribution in [1.82, 2.24) is 9.24 Å². The van der Waals surface area contributed by atoms with Gasteiger partial charge in [-0.15, -0.1) is 0 Å². The first kappa shape index (κ1) is 15.4. The van der Waals surface area contributed by atoms with Crippen LogP contribution in [0.4, 0.5) is 0 Å². The molecule has 1 fully saturated rings. The fourth-order valence-corrected chi connectivity index (χ4v) is 2.06. The largest absolute Gasteiger partial charge is 0.394 e. The Labute approximate surface area is 119 Å². The van der Waals surface area contributed by atoms with Gasteiger partial charge >= 0.3 is 5.69 Å². The van der Waals surface area contributed by atoms with Gasteiger partial charge in [0.1, 0.15) is 18.3 Å². The summed E-state index contributed by atoms with van der Waals surface area (Å²) in [5.74, 6) is 0. The SMILES string of the molecule is C/C=C/Nn1c(=O)ccn([C@@H]2O[C@H](CO)[C@@H](O)[C@H]2O)c1=O. The number of ether oxygens (including phenoxy) is 1. The summed E-state index contributed by atoms with van der Waals surface area (Å²) in [4.78, 5) is 23.9. The highest BCUT2D eigenvalue weighted by molar-refractivity contribution is 4.98. The number of hydrogen-bond acceptors (Lipinski definition) is 7. The molecular formula is C12H17N3O6. The average molecular weight is 299 g/mol. The Morgan fingerprint density at radius 3 is 2.67 bits per heavy atom. The van der Waals surface area contributed by atoms with Crippen molar-refractivity contribution in [2.75, 3.05) is 12.0 Å². The Balaban J connectivity index is 2.42. The molecule has 9 nitrogen and oxygen atoms in total. The molecule has 0 aliphatic carbocycles. The van der Waals surface area contributed by atoms with E-state index in [0.717, 1.165) is 15.3 Å². The molecule has 1 aromatic heterocycles. The lowest BCUT2D eigenvalue weighted by Crippen LogP contribution is -2.45. The van der Waals surface area contributed by atoms with Crippen LogP contribution in [-0.2, 0) is 4.74 Å². The summed E-state index contributed by atoms with van der Waals surface area (Å²) in [5, 5.41) is 28.6. The maximum atomic E-state index is 12.2. The maximum Gasteiger partial charge on any atom is 0.352 e. The van der Waals surface area contributed by atoms with Gasteiger partial charge in [-0.05, 0) is 6.92 Å². The first-order valence-electron chi connectivity index (χ1n) is 6.35. The van der Waals surface area contributed by atoms with E-state index < -0.39 is 42.4 Å². The van der Waals surface area contributed by atoms with E-state index in [1.54, 1.807) is 13.0 Å². The van der Waals surface area contributed by atoms with Crippen molar-refractivity contribution in [1.29, 1.82) is 0 Å². The smallest absolute Gasteiger partial charge is 0.352 e. The summed E-state index contributed by atoms with van der Waals surface area (Å²) in [6.07, 6.45) is -0.757. The van der Waals surface area contributed by atoms with Gasteiger partial charge in [-0.1, -0.05) is 6.08 Å². The third kappa shape index (κ3) is 2.76. The highest BCUT2D eigenvalue weighted by atomic mass is 16.6. The maximum absolute atomic E-state index is 12.2. The highest BCUT2D eigenvalue weighted by Gasteiger charge is 2.43. The zero-order valence-electron chi connectivity index (χ0n) is 11.3. The first-order valence-corrected chi connectivity index (χ1v) is 6.35. The van der Waals surface area contributed by atoms with Gasteiger partial charge in [0.2, 0.25) is 0 Å². The van der Waals surface area contributed by atoms with Gasteiger partial charge in [0.25, 0.3) is 5.56 Å². The van der Waals surface area contributed by atoms with Gasteiger partial charge in [-0.3, -0.25) is 14.8 Å². The van der Waals surface area contributed by atoms with Gasteiger partial charge in [-0.2, -0.15) is 4.68 Å². The minimum Gasteiger partial charge on any atom is -0.394 e. The van der Waals surface area contributed by atoms with E-state index in [9.17, 15) is 19.8 Å². The molecule has 116 valence electrons. The van der Waals surface area contributed by atoms with Gasteiger partial charge in [0.05, 0.1) is 6.61 Å². The molecule has 0 bridgehead atoms. The summed E-state index contributed by atoms with van der Waals surface area (Å²) >= 11 is 0. The predicted octanol–water partition coefficient (Wildman–Crippen LogP) is -2.30. The second kappa shape index (κ2) is 6.22. The number of aromatic nitrogens is 2. The van der Waals surface area contributed by atoms with Crippen LogP contribution in [0.3, 0.4) is 0 Å². The number of nitrogens with one attached hydrogen (secondary N) is 1. The van der Waals surface area contributed by atoms with Gasteiger partial charge in [-0.25, -0.2) is 4.79 Å². The molecule has 0 amide bonds. The van der Waals surface area contributed by atoms with Crippen LogP contribution in [0.5, 0.6) is 0 Å². The van der Waals surface area contributed by atoms with E-state index in [4.69, 9.17) is 9.84 Å². The highest BCUT2D eigenvalue weighted by Crippen LogP contribution is 2.27. The zero-order valence-corrected chi connectivity index (χ0v) is 11.3. The molecule has 0 saturated carbocycles. The van der Waals surface area contributed by atoms with Crippen molar-refractivity contribution in [2.45, 2.75) is 31.5 Å². The number of aliphatic hydroxyl groups excluding tert-OH is 3. The molecule has 1 saturated heterocycles. The molecule has 9 heteroatoms. The molecule has 4 atom stereocenters. The molecule has 0 radical (unpaired) electrons. The lowest BCUT2D eigenvalue weighted by Gasteiger charge is -2.18. The van der Waals surface area contributed by atoms with Crippen LogP contribution in [0.25, 0.3) is 0 Å². The molecule has 0 aromatic carbocycles. The van der Waals surface area contributed by atoms with E-state index in [2.05, 4.69) is 5.43 Å². The number of allylic oxidation sites excluding steroid dienone is 1. The summed E-state index contributed by atoms with van der Waals surface area (Å²) in [6.45, 7) is 1.20. The van der Waals surface area contributed by atoms with Crippen LogP contribution in [0.15, 0.2) is 34.1 Å². The standard InChI is InChI=1S/C12H17N3O6/c1-2-4-13-15-8(17)3-5-14(12(15)20)11-10(19)9(18)7(6-16)21-11/h2-5,7,9-11,13,16,18-19H,6H2,1H3/b4-2+/t7-,9-,10-,11-/m1/s1. The van der Waals surface area contributed by atoms with Crippen molar-refractivity contribution < 1.29 is 20.1 Å². The summed E-state index contributed by atoms with van der Waals surface area (Å²) in [5.41, 5.74) is 1.14. The third-order valence-corrected chi connectivity index (χ3v) is 3.17. The Kier molecular flexibility index (Phi) is 4.58. The second-order valence-electron chi connectivity index (χ2n) is 4.54. The van der Waals surface area contributed by atoms with Gasteiger partial charge < -0.3 is 20.1 Å². The third-order valence-electron chi connectivity index (χ3n) is 3.17. The normalized spacial score (nSPS) is 29.1. The van der Waals surface area contributed by atoms with Crippen molar-refractivity contribution in [3.05, 3.63) is 45.4 Å². The molecule has 0 spiro atoms. The van der Waals surface area contributed by atoms with Crippen molar-refractivity contribution in [2.24, 2.45) is 0 Å². The molecule has 2 rings (SSSR count). The van der Waals surface area contributed by atoms with Crippen molar-refractivity contribution in [3.8, 4) is 0 Å². The van der Waals surface area contributed by atoms with Crippen molar-refractivity contribution >= 4 is 0 Å².